The predicted octanol–water partition coefficient (Wildman–Crippen LogP) is 1.50. The third-order valence-electron chi connectivity index (χ3n) is 2.77. The molecule has 1 rings (SSSR count). The quantitative estimate of drug-likeness (QED) is 0.678. The fraction of sp³-hybridized carbons (Fsp3) is 0.571. The van der Waals surface area contributed by atoms with Gasteiger partial charge >= 0.3 is 0 Å². The van der Waals surface area contributed by atoms with Crippen LogP contribution in [0.2, 0.25) is 0 Å². The van der Waals surface area contributed by atoms with Gasteiger partial charge in [-0.2, -0.15) is 0 Å². The Hall–Kier alpha value is -1.11. The molecule has 0 bridgehead atoms. The number of hydrogen-bond donors (Lipinski definition) is 2. The van der Waals surface area contributed by atoms with Crippen LogP contribution in [0.1, 0.15) is 25.8 Å². The standard InChI is InChI=1S/C14H24N2O3S/c1-12(2)15-8-5-9-20(17,18)16-11-13-6-4-7-14(10-13)19-3/h4,6-7,10,12,15-16H,5,8-9,11H2,1-3H3. The topological polar surface area (TPSA) is 67.4 Å². The molecule has 6 heteroatoms. The Bertz CT molecular complexity index is 501. The minimum atomic E-state index is -3.23. The largest absolute Gasteiger partial charge is 0.497 e. The Labute approximate surface area is 121 Å². The number of rotatable bonds is 9. The molecule has 1 aromatic rings. The molecule has 5 nitrogen and oxygen atoms in total. The first-order valence-electron chi connectivity index (χ1n) is 6.76. The van der Waals surface area contributed by atoms with Gasteiger partial charge < -0.3 is 10.1 Å². The maximum absolute atomic E-state index is 11.8. The SMILES string of the molecule is COc1cccc(CNS(=O)(=O)CCCNC(C)C)c1. The maximum Gasteiger partial charge on any atom is 0.211 e. The highest BCUT2D eigenvalue weighted by Crippen LogP contribution is 2.12. The third-order valence-corrected chi connectivity index (χ3v) is 4.18. The Kier molecular flexibility index (Phi) is 6.98. The Morgan fingerprint density at radius 3 is 2.70 bits per heavy atom. The van der Waals surface area contributed by atoms with E-state index < -0.39 is 10.0 Å². The van der Waals surface area contributed by atoms with E-state index in [1.807, 2.05) is 38.1 Å². The van der Waals surface area contributed by atoms with Gasteiger partial charge in [-0.25, -0.2) is 13.1 Å². The van der Waals surface area contributed by atoms with E-state index in [0.717, 1.165) is 11.3 Å². The molecule has 0 aliphatic rings. The number of ether oxygens (including phenoxy) is 1. The van der Waals surface area contributed by atoms with E-state index in [1.165, 1.54) is 0 Å². The van der Waals surface area contributed by atoms with E-state index in [4.69, 9.17) is 4.74 Å². The Morgan fingerprint density at radius 2 is 2.05 bits per heavy atom. The lowest BCUT2D eigenvalue weighted by molar-refractivity contribution is 0.414. The summed E-state index contributed by atoms with van der Waals surface area (Å²) in [6, 6.07) is 7.74. The van der Waals surface area contributed by atoms with Crippen molar-refractivity contribution < 1.29 is 13.2 Å². The van der Waals surface area contributed by atoms with Gasteiger partial charge in [0, 0.05) is 12.6 Å². The van der Waals surface area contributed by atoms with Gasteiger partial charge in [0.15, 0.2) is 0 Å². The van der Waals surface area contributed by atoms with Gasteiger partial charge in [0.2, 0.25) is 10.0 Å². The fourth-order valence-corrected chi connectivity index (χ4v) is 2.76. The first-order chi connectivity index (χ1) is 9.43. The highest BCUT2D eigenvalue weighted by Gasteiger charge is 2.09. The summed E-state index contributed by atoms with van der Waals surface area (Å²) in [6.07, 6.45) is 0.603. The van der Waals surface area contributed by atoms with Crippen molar-refractivity contribution in [3.63, 3.8) is 0 Å². The van der Waals surface area contributed by atoms with Crippen LogP contribution in [0.5, 0.6) is 5.75 Å². The minimum Gasteiger partial charge on any atom is -0.497 e. The summed E-state index contributed by atoms with van der Waals surface area (Å²) in [4.78, 5) is 0. The van der Waals surface area contributed by atoms with Crippen molar-refractivity contribution in [2.75, 3.05) is 19.4 Å². The molecule has 0 saturated heterocycles. The number of nitrogens with one attached hydrogen (secondary N) is 2. The fourth-order valence-electron chi connectivity index (χ4n) is 1.70. The van der Waals surface area contributed by atoms with Crippen LogP contribution in [-0.4, -0.2) is 33.9 Å². The van der Waals surface area contributed by atoms with Crippen LogP contribution >= 0.6 is 0 Å². The van der Waals surface area contributed by atoms with E-state index in [0.29, 0.717) is 19.0 Å². The van der Waals surface area contributed by atoms with Crippen molar-refractivity contribution in [2.45, 2.75) is 32.9 Å². The normalized spacial score (nSPS) is 11.8. The lowest BCUT2D eigenvalue weighted by atomic mass is 10.2. The zero-order valence-corrected chi connectivity index (χ0v) is 13.2. The second-order valence-electron chi connectivity index (χ2n) is 4.95. The van der Waals surface area contributed by atoms with Gasteiger partial charge in [0.05, 0.1) is 12.9 Å². The van der Waals surface area contributed by atoms with Crippen molar-refractivity contribution in [1.82, 2.24) is 10.0 Å². The van der Waals surface area contributed by atoms with Gasteiger partial charge in [-0.05, 0) is 30.7 Å². The van der Waals surface area contributed by atoms with Crippen molar-refractivity contribution in [2.24, 2.45) is 0 Å². The molecule has 0 aliphatic carbocycles. The molecule has 0 aromatic heterocycles. The average molecular weight is 300 g/mol. The Morgan fingerprint density at radius 1 is 1.30 bits per heavy atom. The molecular formula is C14H24N2O3S. The molecule has 0 aliphatic heterocycles. The second kappa shape index (κ2) is 8.24. The first kappa shape index (κ1) is 16.9. The lowest BCUT2D eigenvalue weighted by Gasteiger charge is -2.10. The van der Waals surface area contributed by atoms with Crippen LogP contribution in [0.15, 0.2) is 24.3 Å². The van der Waals surface area contributed by atoms with Crippen LogP contribution in [0, 0.1) is 0 Å². The molecule has 0 fully saturated rings. The first-order valence-corrected chi connectivity index (χ1v) is 8.42. The second-order valence-corrected chi connectivity index (χ2v) is 6.88. The Balaban J connectivity index is 2.38. The average Bonchev–Trinajstić information content (AvgIpc) is 2.42. The molecule has 2 N–H and O–H groups in total. The number of methoxy groups -OCH3 is 1. The van der Waals surface area contributed by atoms with Crippen molar-refractivity contribution in [3.05, 3.63) is 29.8 Å². The highest BCUT2D eigenvalue weighted by molar-refractivity contribution is 7.89. The van der Waals surface area contributed by atoms with Crippen LogP contribution in [-0.2, 0) is 16.6 Å². The molecule has 0 saturated carbocycles. The van der Waals surface area contributed by atoms with E-state index >= 15 is 0 Å². The zero-order valence-electron chi connectivity index (χ0n) is 12.3. The molecule has 20 heavy (non-hydrogen) atoms. The van der Waals surface area contributed by atoms with Crippen LogP contribution in [0.25, 0.3) is 0 Å². The number of sulfonamides is 1. The molecule has 1 aromatic carbocycles. The van der Waals surface area contributed by atoms with Gasteiger partial charge in [0.1, 0.15) is 5.75 Å². The third kappa shape index (κ3) is 6.88. The van der Waals surface area contributed by atoms with E-state index in [9.17, 15) is 8.42 Å². The molecule has 0 radical (unpaired) electrons. The van der Waals surface area contributed by atoms with Crippen molar-refractivity contribution in [1.29, 1.82) is 0 Å². The smallest absolute Gasteiger partial charge is 0.211 e. The number of hydrogen-bond acceptors (Lipinski definition) is 4. The monoisotopic (exact) mass is 300 g/mol. The lowest BCUT2D eigenvalue weighted by Crippen LogP contribution is -2.29. The zero-order chi connectivity index (χ0) is 15.0. The van der Waals surface area contributed by atoms with Crippen LogP contribution in [0.3, 0.4) is 0 Å². The number of benzene rings is 1. The van der Waals surface area contributed by atoms with Crippen LogP contribution in [0.4, 0.5) is 0 Å². The van der Waals surface area contributed by atoms with Gasteiger partial charge in [0.25, 0.3) is 0 Å². The van der Waals surface area contributed by atoms with Crippen molar-refractivity contribution in [3.8, 4) is 5.75 Å². The van der Waals surface area contributed by atoms with Gasteiger partial charge in [-0.3, -0.25) is 0 Å². The van der Waals surface area contributed by atoms with Gasteiger partial charge in [-0.1, -0.05) is 26.0 Å². The van der Waals surface area contributed by atoms with Crippen LogP contribution < -0.4 is 14.8 Å². The van der Waals surface area contributed by atoms with E-state index in [-0.39, 0.29) is 12.3 Å². The molecule has 0 atom stereocenters. The van der Waals surface area contributed by atoms with E-state index in [2.05, 4.69) is 10.0 Å². The molecular weight excluding hydrogens is 276 g/mol. The molecule has 0 unspecified atom stereocenters. The minimum absolute atomic E-state index is 0.136. The summed E-state index contributed by atoms with van der Waals surface area (Å²) in [5, 5.41) is 3.20. The summed E-state index contributed by atoms with van der Waals surface area (Å²) >= 11 is 0. The summed E-state index contributed by atoms with van der Waals surface area (Å²) in [7, 11) is -1.64. The molecule has 0 spiro atoms. The predicted molar refractivity (Wildman–Crippen MR) is 81.4 cm³/mol. The van der Waals surface area contributed by atoms with Gasteiger partial charge in [-0.15, -0.1) is 0 Å². The van der Waals surface area contributed by atoms with E-state index in [1.54, 1.807) is 7.11 Å². The highest BCUT2D eigenvalue weighted by atomic mass is 32.2. The summed E-state index contributed by atoms with van der Waals surface area (Å²) < 4.78 is 31.4. The maximum atomic E-state index is 11.8. The molecule has 114 valence electrons. The summed E-state index contributed by atoms with van der Waals surface area (Å²) in [6.45, 7) is 5.07. The molecule has 0 heterocycles. The summed E-state index contributed by atoms with van der Waals surface area (Å²) in [5.41, 5.74) is 0.883. The molecule has 0 amide bonds. The summed E-state index contributed by atoms with van der Waals surface area (Å²) in [5.74, 6) is 0.860. The van der Waals surface area contributed by atoms with Crippen molar-refractivity contribution >= 4 is 10.0 Å².